The lowest BCUT2D eigenvalue weighted by Crippen LogP contribution is -2.35. The van der Waals surface area contributed by atoms with Crippen molar-refractivity contribution >= 4 is 57.2 Å². The Labute approximate surface area is 237 Å². The number of rotatable bonds is 6. The van der Waals surface area contributed by atoms with E-state index < -0.39 is 68.3 Å². The Balaban J connectivity index is 0.00000226. The summed E-state index contributed by atoms with van der Waals surface area (Å²) in [4.78, 5) is 40.3. The monoisotopic (exact) mass is 624 g/mol. The van der Waals surface area contributed by atoms with Gasteiger partial charge in [0.1, 0.15) is 16.1 Å². The molecule has 0 atom stereocenters. The number of nitrogens with one attached hydrogen (secondary N) is 3. The first-order valence-corrected chi connectivity index (χ1v) is 12.9. The number of hydrogen-bond acceptors (Lipinski definition) is 5. The second-order valence-corrected chi connectivity index (χ2v) is 9.74. The Morgan fingerprint density at radius 3 is 2.00 bits per heavy atom. The van der Waals surface area contributed by atoms with Crippen LogP contribution in [0.2, 0.25) is 5.02 Å². The molecule has 3 N–H and O–H groups in total. The van der Waals surface area contributed by atoms with Gasteiger partial charge in [-0.15, -0.1) is 0 Å². The molecule has 1 fully saturated rings. The van der Waals surface area contributed by atoms with Gasteiger partial charge in [0, 0.05) is 5.69 Å². The molecule has 7 nitrogen and oxygen atoms in total. The number of thiazole rings is 1. The van der Waals surface area contributed by atoms with Crippen molar-refractivity contribution in [3.05, 3.63) is 69.4 Å². The molecule has 4 rings (SSSR count). The molecular formula is C25H20ClF7N4O3S. The molecule has 0 bridgehead atoms. The average Bonchev–Trinajstić information content (AvgIpc) is 3.60. The summed E-state index contributed by atoms with van der Waals surface area (Å²) in [6, 6.07) is 6.53. The van der Waals surface area contributed by atoms with Gasteiger partial charge in [0.25, 0.3) is 5.91 Å². The molecule has 16 heteroatoms. The Bertz CT molecular complexity index is 1450. The Kier molecular flexibility index (Phi) is 9.33. The van der Waals surface area contributed by atoms with Crippen LogP contribution in [0.15, 0.2) is 42.5 Å². The summed E-state index contributed by atoms with van der Waals surface area (Å²) >= 11 is 5.91. The van der Waals surface area contributed by atoms with Gasteiger partial charge in [0.15, 0.2) is 10.8 Å². The van der Waals surface area contributed by atoms with Crippen molar-refractivity contribution in [2.24, 2.45) is 5.41 Å². The van der Waals surface area contributed by atoms with E-state index in [4.69, 9.17) is 11.6 Å². The molecule has 1 aliphatic rings. The van der Waals surface area contributed by atoms with E-state index in [-0.39, 0.29) is 34.9 Å². The normalized spacial score (nSPS) is 13.9. The molecule has 2 aromatic carbocycles. The van der Waals surface area contributed by atoms with E-state index in [0.29, 0.717) is 12.1 Å². The van der Waals surface area contributed by atoms with Gasteiger partial charge in [-0.05, 0) is 55.3 Å². The van der Waals surface area contributed by atoms with Gasteiger partial charge >= 0.3 is 12.4 Å². The highest BCUT2D eigenvalue weighted by molar-refractivity contribution is 7.17. The minimum Gasteiger partial charge on any atom is -0.325 e. The van der Waals surface area contributed by atoms with Crippen molar-refractivity contribution in [2.45, 2.75) is 39.0 Å². The fourth-order valence-corrected chi connectivity index (χ4v) is 4.42. The van der Waals surface area contributed by atoms with Gasteiger partial charge in [-0.3, -0.25) is 14.4 Å². The summed E-state index contributed by atoms with van der Waals surface area (Å²) in [5, 5.41) is 5.39. The molecule has 0 aliphatic heterocycles. The molecule has 1 heterocycles. The first kappa shape index (κ1) is 31.8. The predicted molar refractivity (Wildman–Crippen MR) is 138 cm³/mol. The zero-order chi connectivity index (χ0) is 30.8. The lowest BCUT2D eigenvalue weighted by molar-refractivity contribution is -0.141. The molecule has 1 saturated carbocycles. The molecule has 1 aromatic heterocycles. The second-order valence-electron chi connectivity index (χ2n) is 8.34. The molecule has 0 saturated heterocycles. The molecule has 3 amide bonds. The maximum Gasteiger partial charge on any atom is 0.435 e. The van der Waals surface area contributed by atoms with Gasteiger partial charge in [-0.1, -0.05) is 36.8 Å². The maximum absolute atomic E-state index is 13.6. The molecule has 0 radical (unpaired) electrons. The predicted octanol–water partition coefficient (Wildman–Crippen LogP) is 7.61. The third-order valence-corrected chi connectivity index (χ3v) is 6.88. The van der Waals surface area contributed by atoms with E-state index in [2.05, 4.69) is 15.6 Å². The van der Waals surface area contributed by atoms with Crippen LogP contribution in [0.4, 0.5) is 47.2 Å². The molecule has 41 heavy (non-hydrogen) atoms. The fourth-order valence-electron chi connectivity index (χ4n) is 3.38. The lowest BCUT2D eigenvalue weighted by atomic mass is 10.1. The van der Waals surface area contributed by atoms with Crippen LogP contribution in [0.1, 0.15) is 47.6 Å². The standard InChI is InChI=1S/C23H14ClF7N4O3S.C2H6/c24-13-6-1-10(22(26,27)28)9-14(13)33-17(36)15-16(23(29,30)31)34-20(39-15)35-19(38)21(7-8-21)18(37)32-12-4-2-11(25)3-5-12;1-2/h1-6,9H,7-8H2,(H,32,37)(H,33,36)(H,34,35,38);1-2H3. The summed E-state index contributed by atoms with van der Waals surface area (Å²) in [6.07, 6.45) is -9.87. The second kappa shape index (κ2) is 12.0. The number of hydrogen-bond donors (Lipinski definition) is 3. The highest BCUT2D eigenvalue weighted by atomic mass is 35.5. The van der Waals surface area contributed by atoms with E-state index in [1.807, 2.05) is 19.2 Å². The number of carbonyl (C=O) groups excluding carboxylic acids is 3. The third kappa shape index (κ3) is 7.33. The highest BCUT2D eigenvalue weighted by Crippen LogP contribution is 2.48. The van der Waals surface area contributed by atoms with Crippen LogP contribution < -0.4 is 16.0 Å². The van der Waals surface area contributed by atoms with E-state index in [0.717, 1.165) is 18.2 Å². The third-order valence-electron chi connectivity index (χ3n) is 5.59. The van der Waals surface area contributed by atoms with Crippen LogP contribution >= 0.6 is 22.9 Å². The molecular weight excluding hydrogens is 605 g/mol. The number of amides is 3. The summed E-state index contributed by atoms with van der Waals surface area (Å²) in [5.74, 6) is -3.81. The number of halogens is 8. The molecule has 1 aliphatic carbocycles. The Morgan fingerprint density at radius 2 is 1.46 bits per heavy atom. The van der Waals surface area contributed by atoms with Crippen molar-refractivity contribution in [3.8, 4) is 0 Å². The van der Waals surface area contributed by atoms with E-state index in [9.17, 15) is 45.1 Å². The van der Waals surface area contributed by atoms with Crippen molar-refractivity contribution in [3.63, 3.8) is 0 Å². The van der Waals surface area contributed by atoms with Crippen LogP contribution in [0, 0.1) is 11.2 Å². The topological polar surface area (TPSA) is 100 Å². The van der Waals surface area contributed by atoms with Gasteiger partial charge in [-0.2, -0.15) is 26.3 Å². The summed E-state index contributed by atoms with van der Waals surface area (Å²) in [6.45, 7) is 4.00. The van der Waals surface area contributed by atoms with Crippen LogP contribution in [-0.4, -0.2) is 22.7 Å². The smallest absolute Gasteiger partial charge is 0.325 e. The minimum absolute atomic E-state index is 0.0603. The van der Waals surface area contributed by atoms with Gasteiger partial charge in [-0.25, -0.2) is 9.37 Å². The number of alkyl halides is 6. The number of carbonyl (C=O) groups is 3. The van der Waals surface area contributed by atoms with Crippen LogP contribution in [0.5, 0.6) is 0 Å². The summed E-state index contributed by atoms with van der Waals surface area (Å²) in [7, 11) is 0. The highest BCUT2D eigenvalue weighted by Gasteiger charge is 2.57. The summed E-state index contributed by atoms with van der Waals surface area (Å²) < 4.78 is 93.0. The SMILES string of the molecule is CC.O=C(Nc1cc(C(F)(F)F)ccc1Cl)c1sc(NC(=O)C2(C(=O)Nc3ccc(F)cc3)CC2)nc1C(F)(F)F. The molecule has 3 aromatic rings. The van der Waals surface area contributed by atoms with Crippen molar-refractivity contribution in [2.75, 3.05) is 16.0 Å². The number of aromatic nitrogens is 1. The zero-order valence-corrected chi connectivity index (χ0v) is 22.6. The number of anilines is 3. The molecule has 0 spiro atoms. The van der Waals surface area contributed by atoms with Gasteiger partial charge in [0.2, 0.25) is 11.8 Å². The zero-order valence-electron chi connectivity index (χ0n) is 21.1. The van der Waals surface area contributed by atoms with Crippen molar-refractivity contribution < 1.29 is 45.1 Å². The van der Waals surface area contributed by atoms with E-state index in [1.54, 1.807) is 0 Å². The largest absolute Gasteiger partial charge is 0.435 e. The first-order chi connectivity index (χ1) is 19.1. The van der Waals surface area contributed by atoms with Crippen LogP contribution in [0.25, 0.3) is 0 Å². The van der Waals surface area contributed by atoms with Gasteiger partial charge < -0.3 is 16.0 Å². The molecule has 0 unspecified atom stereocenters. The summed E-state index contributed by atoms with van der Waals surface area (Å²) in [5.41, 5.74) is -4.96. The van der Waals surface area contributed by atoms with Crippen molar-refractivity contribution in [1.82, 2.24) is 4.98 Å². The van der Waals surface area contributed by atoms with E-state index in [1.165, 1.54) is 12.1 Å². The van der Waals surface area contributed by atoms with E-state index >= 15 is 0 Å². The number of nitrogens with zero attached hydrogens (tertiary/aromatic N) is 1. The van der Waals surface area contributed by atoms with Crippen molar-refractivity contribution in [1.29, 1.82) is 0 Å². The molecule has 220 valence electrons. The minimum atomic E-state index is -5.18. The Morgan fingerprint density at radius 1 is 0.878 bits per heavy atom. The van der Waals surface area contributed by atoms with Crippen LogP contribution in [0.3, 0.4) is 0 Å². The average molecular weight is 625 g/mol. The number of benzene rings is 2. The Hall–Kier alpha value is -3.72. The quantitative estimate of drug-likeness (QED) is 0.194. The maximum atomic E-state index is 13.6. The first-order valence-electron chi connectivity index (χ1n) is 11.7. The lowest BCUT2D eigenvalue weighted by Gasteiger charge is -2.14. The van der Waals surface area contributed by atoms with Crippen LogP contribution in [-0.2, 0) is 21.9 Å². The van der Waals surface area contributed by atoms with Gasteiger partial charge in [0.05, 0.1) is 16.3 Å². The fraction of sp³-hybridized carbons (Fsp3) is 0.280.